The second kappa shape index (κ2) is 7.94. The van der Waals surface area contributed by atoms with Crippen molar-refractivity contribution in [2.75, 3.05) is 5.32 Å². The summed E-state index contributed by atoms with van der Waals surface area (Å²) in [6.45, 7) is 6.03. The second-order valence-electron chi connectivity index (χ2n) is 7.41. The van der Waals surface area contributed by atoms with E-state index in [0.29, 0.717) is 16.9 Å². The lowest BCUT2D eigenvalue weighted by Gasteiger charge is -2.11. The fourth-order valence-corrected chi connectivity index (χ4v) is 3.32. The normalized spacial score (nSPS) is 11.0. The van der Waals surface area contributed by atoms with Gasteiger partial charge in [-0.2, -0.15) is 5.10 Å². The summed E-state index contributed by atoms with van der Waals surface area (Å²) in [6.07, 6.45) is 1.71. The molecule has 2 aromatic carbocycles. The molecule has 1 N–H and O–H groups in total. The maximum atomic E-state index is 13.0. The zero-order valence-electron chi connectivity index (χ0n) is 17.2. The van der Waals surface area contributed by atoms with Crippen LogP contribution in [0.1, 0.15) is 23.4 Å². The van der Waals surface area contributed by atoms with E-state index < -0.39 is 0 Å². The number of carbonyl (C=O) groups is 1. The van der Waals surface area contributed by atoms with Crippen LogP contribution in [0.5, 0.6) is 0 Å². The molecule has 0 radical (unpaired) electrons. The standard InChI is InChI=1S/C23H23N5O2/c1-15-4-8-18(9-5-15)26-21(29)12-13-27-17(3)25-22-20(23(27)30)14-24-28(22)19-10-6-16(2)7-11-19/h4-11,14H,12-13H2,1-3H3,(H,26,29). The highest BCUT2D eigenvalue weighted by atomic mass is 16.2. The quantitative estimate of drug-likeness (QED) is 0.555. The number of hydrogen-bond donors (Lipinski definition) is 1. The Labute approximate surface area is 174 Å². The van der Waals surface area contributed by atoms with Crippen LogP contribution in [0.2, 0.25) is 0 Å². The van der Waals surface area contributed by atoms with Crippen molar-refractivity contribution in [1.82, 2.24) is 19.3 Å². The molecule has 4 aromatic rings. The average molecular weight is 401 g/mol. The van der Waals surface area contributed by atoms with Crippen molar-refractivity contribution in [3.05, 3.63) is 82.0 Å². The van der Waals surface area contributed by atoms with Crippen LogP contribution in [0, 0.1) is 20.8 Å². The maximum Gasteiger partial charge on any atom is 0.264 e. The molecule has 7 heteroatoms. The summed E-state index contributed by atoms with van der Waals surface area (Å²) in [5.41, 5.74) is 4.17. The maximum absolute atomic E-state index is 13.0. The monoisotopic (exact) mass is 401 g/mol. The molecule has 1 amide bonds. The lowest BCUT2D eigenvalue weighted by Crippen LogP contribution is -2.26. The van der Waals surface area contributed by atoms with E-state index in [4.69, 9.17) is 0 Å². The number of fused-ring (bicyclic) bond motifs is 1. The first-order valence-electron chi connectivity index (χ1n) is 9.81. The Morgan fingerprint density at radius 3 is 2.27 bits per heavy atom. The van der Waals surface area contributed by atoms with Gasteiger partial charge in [-0.3, -0.25) is 14.2 Å². The summed E-state index contributed by atoms with van der Waals surface area (Å²) in [7, 11) is 0. The van der Waals surface area contributed by atoms with Gasteiger partial charge in [-0.15, -0.1) is 0 Å². The first-order valence-corrected chi connectivity index (χ1v) is 9.81. The average Bonchev–Trinajstić information content (AvgIpc) is 3.14. The van der Waals surface area contributed by atoms with Gasteiger partial charge in [0.1, 0.15) is 11.2 Å². The third-order valence-electron chi connectivity index (χ3n) is 5.05. The molecule has 4 rings (SSSR count). The van der Waals surface area contributed by atoms with E-state index >= 15 is 0 Å². The van der Waals surface area contributed by atoms with Crippen LogP contribution in [0.4, 0.5) is 5.69 Å². The fourth-order valence-electron chi connectivity index (χ4n) is 3.32. The molecule has 0 bridgehead atoms. The van der Waals surface area contributed by atoms with Gasteiger partial charge in [-0.05, 0) is 45.0 Å². The Morgan fingerprint density at radius 1 is 0.967 bits per heavy atom. The van der Waals surface area contributed by atoms with Crippen LogP contribution in [-0.2, 0) is 11.3 Å². The van der Waals surface area contributed by atoms with Crippen molar-refractivity contribution in [3.8, 4) is 5.69 Å². The smallest absolute Gasteiger partial charge is 0.264 e. The van der Waals surface area contributed by atoms with Gasteiger partial charge in [0.2, 0.25) is 5.91 Å². The van der Waals surface area contributed by atoms with Crippen molar-refractivity contribution in [2.45, 2.75) is 33.7 Å². The van der Waals surface area contributed by atoms with Crippen LogP contribution < -0.4 is 10.9 Å². The Bertz CT molecular complexity index is 1270. The number of benzene rings is 2. The number of nitrogens with one attached hydrogen (secondary N) is 1. The molecule has 30 heavy (non-hydrogen) atoms. The predicted octanol–water partition coefficient (Wildman–Crippen LogP) is 3.54. The highest BCUT2D eigenvalue weighted by Gasteiger charge is 2.15. The highest BCUT2D eigenvalue weighted by molar-refractivity contribution is 5.90. The molecule has 0 aliphatic carbocycles. The first-order chi connectivity index (χ1) is 14.4. The van der Waals surface area contributed by atoms with E-state index in [9.17, 15) is 9.59 Å². The summed E-state index contributed by atoms with van der Waals surface area (Å²) < 4.78 is 3.19. The Balaban J connectivity index is 1.56. The minimum absolute atomic E-state index is 0.152. The molecule has 0 saturated heterocycles. The number of aromatic nitrogens is 4. The number of rotatable bonds is 5. The van der Waals surface area contributed by atoms with Crippen LogP contribution in [-0.4, -0.2) is 25.2 Å². The summed E-state index contributed by atoms with van der Waals surface area (Å²) in [5.74, 6) is 0.394. The van der Waals surface area contributed by atoms with Gasteiger partial charge in [-0.25, -0.2) is 9.67 Å². The number of anilines is 1. The SMILES string of the molecule is Cc1ccc(NC(=O)CCn2c(C)nc3c(cnn3-c3ccc(C)cc3)c2=O)cc1. The van der Waals surface area contributed by atoms with Gasteiger partial charge < -0.3 is 5.32 Å². The number of nitrogens with zero attached hydrogens (tertiary/aromatic N) is 4. The molecular weight excluding hydrogens is 378 g/mol. The fraction of sp³-hybridized carbons (Fsp3) is 0.217. The molecule has 2 heterocycles. The van der Waals surface area contributed by atoms with Crippen LogP contribution in [0.15, 0.2) is 59.5 Å². The third kappa shape index (κ3) is 3.87. The third-order valence-corrected chi connectivity index (χ3v) is 5.05. The topological polar surface area (TPSA) is 81.8 Å². The van der Waals surface area contributed by atoms with Crippen molar-refractivity contribution in [1.29, 1.82) is 0 Å². The molecule has 0 saturated carbocycles. The van der Waals surface area contributed by atoms with Crippen LogP contribution >= 0.6 is 0 Å². The minimum Gasteiger partial charge on any atom is -0.326 e. The molecule has 0 aliphatic heterocycles. The van der Waals surface area contributed by atoms with Crippen LogP contribution in [0.3, 0.4) is 0 Å². The van der Waals surface area contributed by atoms with E-state index in [1.54, 1.807) is 11.6 Å². The van der Waals surface area contributed by atoms with E-state index in [-0.39, 0.29) is 24.4 Å². The number of carbonyl (C=O) groups excluding carboxylic acids is 1. The van der Waals surface area contributed by atoms with Crippen molar-refractivity contribution < 1.29 is 4.79 Å². The summed E-state index contributed by atoms with van der Waals surface area (Å²) >= 11 is 0. The molecular formula is C23H23N5O2. The summed E-state index contributed by atoms with van der Waals surface area (Å²) in [6, 6.07) is 15.5. The molecule has 2 aromatic heterocycles. The van der Waals surface area contributed by atoms with Gasteiger partial charge in [0, 0.05) is 18.7 Å². The number of aryl methyl sites for hydroxylation is 3. The Morgan fingerprint density at radius 2 is 1.60 bits per heavy atom. The molecule has 0 unspecified atom stereocenters. The Hall–Kier alpha value is -3.74. The summed E-state index contributed by atoms with van der Waals surface area (Å²) in [5, 5.41) is 7.64. The first kappa shape index (κ1) is 19.6. The van der Waals surface area contributed by atoms with Gasteiger partial charge in [0.25, 0.3) is 5.56 Å². The van der Waals surface area contributed by atoms with E-state index in [0.717, 1.165) is 22.5 Å². The molecule has 0 aliphatic rings. The number of amides is 1. The molecule has 0 spiro atoms. The molecule has 152 valence electrons. The van der Waals surface area contributed by atoms with Crippen molar-refractivity contribution in [3.63, 3.8) is 0 Å². The van der Waals surface area contributed by atoms with E-state index in [1.165, 1.54) is 10.8 Å². The van der Waals surface area contributed by atoms with Gasteiger partial charge >= 0.3 is 0 Å². The zero-order valence-corrected chi connectivity index (χ0v) is 17.2. The van der Waals surface area contributed by atoms with E-state index in [1.807, 2.05) is 62.4 Å². The lowest BCUT2D eigenvalue weighted by molar-refractivity contribution is -0.116. The number of hydrogen-bond acceptors (Lipinski definition) is 4. The van der Waals surface area contributed by atoms with E-state index in [2.05, 4.69) is 15.4 Å². The molecule has 0 atom stereocenters. The van der Waals surface area contributed by atoms with Crippen molar-refractivity contribution in [2.24, 2.45) is 0 Å². The minimum atomic E-state index is -0.195. The second-order valence-corrected chi connectivity index (χ2v) is 7.41. The predicted molar refractivity (Wildman–Crippen MR) is 117 cm³/mol. The zero-order chi connectivity index (χ0) is 21.3. The highest BCUT2D eigenvalue weighted by Crippen LogP contribution is 2.15. The molecule has 7 nitrogen and oxygen atoms in total. The molecule has 0 fully saturated rings. The largest absolute Gasteiger partial charge is 0.326 e. The van der Waals surface area contributed by atoms with Crippen molar-refractivity contribution >= 4 is 22.6 Å². The van der Waals surface area contributed by atoms with Gasteiger partial charge in [0.15, 0.2) is 5.65 Å². The van der Waals surface area contributed by atoms with Gasteiger partial charge in [0.05, 0.1) is 11.9 Å². The summed E-state index contributed by atoms with van der Waals surface area (Å²) in [4.78, 5) is 29.9. The van der Waals surface area contributed by atoms with Crippen LogP contribution in [0.25, 0.3) is 16.7 Å². The van der Waals surface area contributed by atoms with Gasteiger partial charge in [-0.1, -0.05) is 35.4 Å². The lowest BCUT2D eigenvalue weighted by atomic mass is 10.2. The Kier molecular flexibility index (Phi) is 5.18.